The zero-order valence-electron chi connectivity index (χ0n) is 15.9. The van der Waals surface area contributed by atoms with Gasteiger partial charge in [0.25, 0.3) is 11.8 Å². The van der Waals surface area contributed by atoms with Crippen LogP contribution >= 0.6 is 0 Å². The highest BCUT2D eigenvalue weighted by atomic mass is 16.5. The van der Waals surface area contributed by atoms with Gasteiger partial charge in [-0.05, 0) is 56.4 Å². The fourth-order valence-electron chi connectivity index (χ4n) is 2.61. The molecule has 0 radical (unpaired) electrons. The molecule has 2 unspecified atom stereocenters. The number of rotatable bonds is 8. The molecule has 1 aliphatic rings. The minimum atomic E-state index is -0.561. The normalized spacial score (nSPS) is 18.4. The summed E-state index contributed by atoms with van der Waals surface area (Å²) in [5, 5.41) is 5.68. The lowest BCUT2D eigenvalue weighted by atomic mass is 10.1. The van der Waals surface area contributed by atoms with Gasteiger partial charge in [0.1, 0.15) is 6.10 Å². The molecular weight excluding hydrogens is 332 g/mol. The smallest absolute Gasteiger partial charge is 0.253 e. The van der Waals surface area contributed by atoms with Gasteiger partial charge in [-0.2, -0.15) is 0 Å². The molecule has 1 aliphatic heterocycles. The van der Waals surface area contributed by atoms with Crippen LogP contribution in [0.5, 0.6) is 0 Å². The number of anilines is 1. The lowest BCUT2D eigenvalue weighted by Gasteiger charge is -2.23. The molecule has 1 fully saturated rings. The van der Waals surface area contributed by atoms with E-state index in [1.165, 1.54) is 0 Å². The summed E-state index contributed by atoms with van der Waals surface area (Å²) in [6.07, 6.45) is 2.75. The Morgan fingerprint density at radius 1 is 1.19 bits per heavy atom. The number of carbonyl (C=O) groups excluding carboxylic acids is 2. The first-order valence-corrected chi connectivity index (χ1v) is 9.38. The maximum atomic E-state index is 12.2. The first kappa shape index (κ1) is 20.4. The first-order chi connectivity index (χ1) is 12.5. The third-order valence-corrected chi connectivity index (χ3v) is 4.26. The lowest BCUT2D eigenvalue weighted by Crippen LogP contribution is -2.32. The van der Waals surface area contributed by atoms with Crippen LogP contribution in [-0.2, 0) is 14.3 Å². The Morgan fingerprint density at radius 3 is 2.54 bits per heavy atom. The molecule has 0 aliphatic carbocycles. The average molecular weight is 362 g/mol. The Balaban J connectivity index is 1.77. The summed E-state index contributed by atoms with van der Waals surface area (Å²) in [5.41, 5.74) is 1.21. The zero-order chi connectivity index (χ0) is 18.9. The molecule has 1 aromatic carbocycles. The number of ether oxygens (including phenoxy) is 2. The molecule has 26 heavy (non-hydrogen) atoms. The van der Waals surface area contributed by atoms with Gasteiger partial charge in [0.2, 0.25) is 0 Å². The molecule has 2 amide bonds. The van der Waals surface area contributed by atoms with Gasteiger partial charge in [-0.3, -0.25) is 9.59 Å². The van der Waals surface area contributed by atoms with Gasteiger partial charge >= 0.3 is 0 Å². The van der Waals surface area contributed by atoms with E-state index in [4.69, 9.17) is 9.47 Å². The molecule has 2 N–H and O–H groups in total. The fourth-order valence-corrected chi connectivity index (χ4v) is 2.61. The van der Waals surface area contributed by atoms with Gasteiger partial charge in [-0.15, -0.1) is 0 Å². The molecule has 0 saturated carbocycles. The minimum absolute atomic E-state index is 0.0858. The highest BCUT2D eigenvalue weighted by molar-refractivity contribution is 5.96. The Hall–Kier alpha value is -1.92. The van der Waals surface area contributed by atoms with Crippen molar-refractivity contribution in [3.63, 3.8) is 0 Å². The lowest BCUT2D eigenvalue weighted by molar-refractivity contribution is -0.130. The first-order valence-electron chi connectivity index (χ1n) is 9.38. The van der Waals surface area contributed by atoms with Crippen molar-refractivity contribution in [3.05, 3.63) is 29.8 Å². The van der Waals surface area contributed by atoms with Crippen LogP contribution in [0.15, 0.2) is 24.3 Å². The van der Waals surface area contributed by atoms with Gasteiger partial charge in [0.15, 0.2) is 0 Å². The van der Waals surface area contributed by atoms with E-state index in [1.54, 1.807) is 31.2 Å². The number of amides is 2. The Bertz CT molecular complexity index is 580. The highest BCUT2D eigenvalue weighted by Gasteiger charge is 2.19. The highest BCUT2D eigenvalue weighted by Crippen LogP contribution is 2.14. The van der Waals surface area contributed by atoms with Crippen molar-refractivity contribution < 1.29 is 19.1 Å². The fraction of sp³-hybridized carbons (Fsp3) is 0.600. The van der Waals surface area contributed by atoms with Gasteiger partial charge in [-0.1, -0.05) is 13.8 Å². The molecule has 1 saturated heterocycles. The van der Waals surface area contributed by atoms with Crippen LogP contribution in [0.1, 0.15) is 50.4 Å². The van der Waals surface area contributed by atoms with Crippen LogP contribution in [0.3, 0.4) is 0 Å². The standard InChI is InChI=1S/C20H30N2O4/c1-14(2)12-21-20(24)16-7-9-17(10-8-16)22-19(23)15(3)26-13-18-6-4-5-11-25-18/h7-10,14-15,18H,4-6,11-13H2,1-3H3,(H,21,24)(H,22,23). The van der Waals surface area contributed by atoms with Crippen molar-refractivity contribution in [2.45, 2.75) is 52.2 Å². The second kappa shape index (κ2) is 10.3. The van der Waals surface area contributed by atoms with Gasteiger partial charge in [-0.25, -0.2) is 0 Å². The summed E-state index contributed by atoms with van der Waals surface area (Å²) in [7, 11) is 0. The third-order valence-electron chi connectivity index (χ3n) is 4.26. The Labute approximate surface area is 155 Å². The number of hydrogen-bond donors (Lipinski definition) is 2. The van der Waals surface area contributed by atoms with Crippen LogP contribution < -0.4 is 10.6 Å². The van der Waals surface area contributed by atoms with E-state index in [0.717, 1.165) is 25.9 Å². The molecule has 2 atom stereocenters. The van der Waals surface area contributed by atoms with Crippen LogP contribution in [0.4, 0.5) is 5.69 Å². The summed E-state index contributed by atoms with van der Waals surface area (Å²) in [4.78, 5) is 24.2. The number of hydrogen-bond acceptors (Lipinski definition) is 4. The summed E-state index contributed by atoms with van der Waals surface area (Å²) >= 11 is 0. The van der Waals surface area contributed by atoms with E-state index in [-0.39, 0.29) is 17.9 Å². The average Bonchev–Trinajstić information content (AvgIpc) is 2.65. The Morgan fingerprint density at radius 2 is 1.92 bits per heavy atom. The quantitative estimate of drug-likeness (QED) is 0.745. The van der Waals surface area contributed by atoms with Gasteiger partial charge in [0, 0.05) is 24.4 Å². The maximum absolute atomic E-state index is 12.2. The van der Waals surface area contributed by atoms with Crippen LogP contribution in [0, 0.1) is 5.92 Å². The van der Waals surface area contributed by atoms with Crippen molar-refractivity contribution in [2.75, 3.05) is 25.1 Å². The predicted molar refractivity (Wildman–Crippen MR) is 101 cm³/mol. The second-order valence-corrected chi connectivity index (χ2v) is 7.13. The van der Waals surface area contributed by atoms with Gasteiger partial charge < -0.3 is 20.1 Å². The van der Waals surface area contributed by atoms with E-state index in [1.807, 2.05) is 13.8 Å². The van der Waals surface area contributed by atoms with Crippen LogP contribution in [-0.4, -0.2) is 43.8 Å². The van der Waals surface area contributed by atoms with Crippen molar-refractivity contribution in [1.82, 2.24) is 5.32 Å². The minimum Gasteiger partial charge on any atom is -0.376 e. The molecular formula is C20H30N2O4. The second-order valence-electron chi connectivity index (χ2n) is 7.13. The monoisotopic (exact) mass is 362 g/mol. The number of benzene rings is 1. The van der Waals surface area contributed by atoms with E-state index < -0.39 is 6.10 Å². The molecule has 144 valence electrons. The molecule has 2 rings (SSSR count). The van der Waals surface area contributed by atoms with E-state index >= 15 is 0 Å². The zero-order valence-corrected chi connectivity index (χ0v) is 15.9. The van der Waals surface area contributed by atoms with E-state index in [9.17, 15) is 9.59 Å². The van der Waals surface area contributed by atoms with Crippen molar-refractivity contribution >= 4 is 17.5 Å². The molecule has 0 spiro atoms. The summed E-state index contributed by atoms with van der Waals surface area (Å²) in [6, 6.07) is 6.84. The molecule has 0 aromatic heterocycles. The largest absolute Gasteiger partial charge is 0.376 e. The third kappa shape index (κ3) is 6.77. The van der Waals surface area contributed by atoms with Crippen LogP contribution in [0.2, 0.25) is 0 Å². The SMILES string of the molecule is CC(C)CNC(=O)c1ccc(NC(=O)C(C)OCC2CCCCO2)cc1. The molecule has 6 heteroatoms. The number of carbonyl (C=O) groups is 2. The molecule has 6 nitrogen and oxygen atoms in total. The topological polar surface area (TPSA) is 76.7 Å². The van der Waals surface area contributed by atoms with E-state index in [2.05, 4.69) is 10.6 Å². The van der Waals surface area contributed by atoms with Crippen molar-refractivity contribution in [1.29, 1.82) is 0 Å². The summed E-state index contributed by atoms with van der Waals surface area (Å²) in [5.74, 6) is 0.0802. The van der Waals surface area contributed by atoms with Crippen molar-refractivity contribution in [2.24, 2.45) is 5.92 Å². The van der Waals surface area contributed by atoms with E-state index in [0.29, 0.717) is 30.3 Å². The number of nitrogens with one attached hydrogen (secondary N) is 2. The van der Waals surface area contributed by atoms with Gasteiger partial charge in [0.05, 0.1) is 12.7 Å². The van der Waals surface area contributed by atoms with Crippen LogP contribution in [0.25, 0.3) is 0 Å². The summed E-state index contributed by atoms with van der Waals surface area (Å²) < 4.78 is 11.2. The Kier molecular flexibility index (Phi) is 8.06. The molecule has 1 aromatic rings. The molecule has 1 heterocycles. The van der Waals surface area contributed by atoms with Crippen molar-refractivity contribution in [3.8, 4) is 0 Å². The summed E-state index contributed by atoms with van der Waals surface area (Å²) in [6.45, 7) is 7.66. The molecule has 0 bridgehead atoms. The maximum Gasteiger partial charge on any atom is 0.253 e. The predicted octanol–water partition coefficient (Wildman–Crippen LogP) is 2.99.